The quantitative estimate of drug-likeness (QED) is 0.934. The summed E-state index contributed by atoms with van der Waals surface area (Å²) in [6.07, 6.45) is 0. The summed E-state index contributed by atoms with van der Waals surface area (Å²) >= 11 is 6.37. The van der Waals surface area contributed by atoms with E-state index in [1.165, 1.54) is 5.56 Å². The van der Waals surface area contributed by atoms with Crippen molar-refractivity contribution < 1.29 is 0 Å². The zero-order chi connectivity index (χ0) is 14.0. The smallest absolute Gasteiger partial charge is 0.148 e. The summed E-state index contributed by atoms with van der Waals surface area (Å²) in [5.74, 6) is 1.59. The molecule has 0 fully saturated rings. The lowest BCUT2D eigenvalue weighted by Crippen LogP contribution is -2.17. The van der Waals surface area contributed by atoms with Gasteiger partial charge in [0.05, 0.1) is 10.7 Å². The summed E-state index contributed by atoms with van der Waals surface area (Å²) in [7, 11) is 0. The van der Waals surface area contributed by atoms with Gasteiger partial charge in [0.2, 0.25) is 0 Å². The molecular weight excluding hydrogens is 260 g/mol. The molecule has 0 radical (unpaired) electrons. The molecule has 0 spiro atoms. The molecule has 2 aromatic rings. The minimum atomic E-state index is 0.287. The number of aryl methyl sites for hydroxylation is 2. The van der Waals surface area contributed by atoms with Gasteiger partial charge in [0.15, 0.2) is 0 Å². The second-order valence-corrected chi connectivity index (χ2v) is 5.02. The van der Waals surface area contributed by atoms with E-state index >= 15 is 0 Å². The first-order chi connectivity index (χ1) is 9.02. The standard InChI is InChI=1S/C14H19ClN4/c1-5-16-9(2)12-6-7-14(13(15)8-12)19-11(4)17-10(3)18-19/h6-9,16H,5H2,1-4H3. The van der Waals surface area contributed by atoms with Crippen LogP contribution in [0.3, 0.4) is 0 Å². The molecule has 1 N–H and O–H groups in total. The van der Waals surface area contributed by atoms with Crippen LogP contribution >= 0.6 is 11.6 Å². The first kappa shape index (κ1) is 14.0. The molecule has 1 aromatic carbocycles. The third kappa shape index (κ3) is 2.96. The van der Waals surface area contributed by atoms with Crippen molar-refractivity contribution in [1.29, 1.82) is 0 Å². The molecule has 1 unspecified atom stereocenters. The molecular formula is C14H19ClN4. The van der Waals surface area contributed by atoms with Crippen LogP contribution in [-0.2, 0) is 0 Å². The zero-order valence-corrected chi connectivity index (χ0v) is 12.5. The Hall–Kier alpha value is -1.39. The van der Waals surface area contributed by atoms with Crippen LogP contribution in [0.4, 0.5) is 0 Å². The molecule has 0 saturated heterocycles. The largest absolute Gasteiger partial charge is 0.310 e. The summed E-state index contributed by atoms with van der Waals surface area (Å²) < 4.78 is 1.78. The number of nitrogens with zero attached hydrogens (tertiary/aromatic N) is 3. The molecule has 5 heteroatoms. The van der Waals surface area contributed by atoms with Crippen LogP contribution < -0.4 is 5.32 Å². The number of hydrogen-bond donors (Lipinski definition) is 1. The Bertz CT molecular complexity index is 577. The molecule has 0 aliphatic carbocycles. The molecule has 2 rings (SSSR count). The van der Waals surface area contributed by atoms with Crippen molar-refractivity contribution in [3.8, 4) is 5.69 Å². The Morgan fingerprint density at radius 3 is 2.63 bits per heavy atom. The van der Waals surface area contributed by atoms with Crippen LogP contribution in [0, 0.1) is 13.8 Å². The third-order valence-electron chi connectivity index (χ3n) is 3.09. The maximum atomic E-state index is 6.37. The van der Waals surface area contributed by atoms with Crippen LogP contribution in [0.5, 0.6) is 0 Å². The van der Waals surface area contributed by atoms with Gasteiger partial charge in [-0.1, -0.05) is 24.6 Å². The zero-order valence-electron chi connectivity index (χ0n) is 11.7. The highest BCUT2D eigenvalue weighted by Crippen LogP contribution is 2.25. The van der Waals surface area contributed by atoms with Crippen molar-refractivity contribution in [3.63, 3.8) is 0 Å². The molecule has 1 atom stereocenters. The topological polar surface area (TPSA) is 42.7 Å². The van der Waals surface area contributed by atoms with Gasteiger partial charge in [-0.25, -0.2) is 9.67 Å². The Morgan fingerprint density at radius 2 is 2.11 bits per heavy atom. The number of benzene rings is 1. The number of rotatable bonds is 4. The van der Waals surface area contributed by atoms with E-state index in [9.17, 15) is 0 Å². The van der Waals surface area contributed by atoms with Gasteiger partial charge in [-0.2, -0.15) is 5.10 Å². The highest BCUT2D eigenvalue weighted by molar-refractivity contribution is 6.32. The van der Waals surface area contributed by atoms with Gasteiger partial charge in [-0.3, -0.25) is 0 Å². The minimum Gasteiger partial charge on any atom is -0.310 e. The first-order valence-corrected chi connectivity index (χ1v) is 6.84. The van der Waals surface area contributed by atoms with Gasteiger partial charge in [-0.05, 0) is 45.0 Å². The summed E-state index contributed by atoms with van der Waals surface area (Å²) in [5, 5.41) is 8.42. The fourth-order valence-electron chi connectivity index (χ4n) is 2.14. The average Bonchev–Trinajstić information content (AvgIpc) is 2.68. The van der Waals surface area contributed by atoms with E-state index in [-0.39, 0.29) is 6.04 Å². The molecule has 1 aromatic heterocycles. The van der Waals surface area contributed by atoms with Crippen LogP contribution in [-0.4, -0.2) is 21.3 Å². The van der Waals surface area contributed by atoms with Gasteiger partial charge < -0.3 is 5.32 Å². The van der Waals surface area contributed by atoms with Gasteiger partial charge in [0.1, 0.15) is 11.6 Å². The lowest BCUT2D eigenvalue weighted by atomic mass is 10.1. The predicted octanol–water partition coefficient (Wildman–Crippen LogP) is 3.21. The first-order valence-electron chi connectivity index (χ1n) is 6.46. The Kier molecular flexibility index (Phi) is 4.22. The second-order valence-electron chi connectivity index (χ2n) is 4.61. The van der Waals surface area contributed by atoms with E-state index in [0.29, 0.717) is 5.02 Å². The molecule has 0 aliphatic rings. The summed E-state index contributed by atoms with van der Waals surface area (Å²) in [6, 6.07) is 6.34. The Labute approximate surface area is 118 Å². The SMILES string of the molecule is CCNC(C)c1ccc(-n2nc(C)nc2C)c(Cl)c1. The number of halogens is 1. The molecule has 0 amide bonds. The molecule has 0 bridgehead atoms. The number of aromatic nitrogens is 3. The van der Waals surface area contributed by atoms with Crippen molar-refractivity contribution >= 4 is 11.6 Å². The van der Waals surface area contributed by atoms with Crippen LogP contribution in [0.1, 0.15) is 37.1 Å². The average molecular weight is 279 g/mol. The molecule has 1 heterocycles. The molecule has 0 aliphatic heterocycles. The van der Waals surface area contributed by atoms with E-state index in [1.807, 2.05) is 26.0 Å². The number of hydrogen-bond acceptors (Lipinski definition) is 3. The highest BCUT2D eigenvalue weighted by atomic mass is 35.5. The second kappa shape index (κ2) is 5.72. The monoisotopic (exact) mass is 278 g/mol. The normalized spacial score (nSPS) is 12.7. The third-order valence-corrected chi connectivity index (χ3v) is 3.39. The molecule has 102 valence electrons. The van der Waals surface area contributed by atoms with Gasteiger partial charge in [0.25, 0.3) is 0 Å². The Morgan fingerprint density at radius 1 is 1.37 bits per heavy atom. The Balaban J connectivity index is 2.37. The van der Waals surface area contributed by atoms with Crippen LogP contribution in [0.2, 0.25) is 5.02 Å². The lowest BCUT2D eigenvalue weighted by Gasteiger charge is -2.14. The molecule has 4 nitrogen and oxygen atoms in total. The van der Waals surface area contributed by atoms with Crippen molar-refractivity contribution in [2.45, 2.75) is 33.7 Å². The van der Waals surface area contributed by atoms with Gasteiger partial charge in [-0.15, -0.1) is 0 Å². The van der Waals surface area contributed by atoms with Crippen LogP contribution in [0.25, 0.3) is 5.69 Å². The summed E-state index contributed by atoms with van der Waals surface area (Å²) in [5.41, 5.74) is 2.04. The fraction of sp³-hybridized carbons (Fsp3) is 0.429. The fourth-order valence-corrected chi connectivity index (χ4v) is 2.41. The van der Waals surface area contributed by atoms with Gasteiger partial charge >= 0.3 is 0 Å². The van der Waals surface area contributed by atoms with Gasteiger partial charge in [0, 0.05) is 6.04 Å². The maximum Gasteiger partial charge on any atom is 0.148 e. The lowest BCUT2D eigenvalue weighted by molar-refractivity contribution is 0.598. The van der Waals surface area contributed by atoms with Crippen molar-refractivity contribution in [2.75, 3.05) is 6.54 Å². The van der Waals surface area contributed by atoms with E-state index < -0.39 is 0 Å². The summed E-state index contributed by atoms with van der Waals surface area (Å²) in [6.45, 7) is 8.94. The molecule has 0 saturated carbocycles. The minimum absolute atomic E-state index is 0.287. The maximum absolute atomic E-state index is 6.37. The van der Waals surface area contributed by atoms with Crippen molar-refractivity contribution in [3.05, 3.63) is 40.4 Å². The predicted molar refractivity (Wildman–Crippen MR) is 77.9 cm³/mol. The van der Waals surface area contributed by atoms with E-state index in [1.54, 1.807) is 4.68 Å². The summed E-state index contributed by atoms with van der Waals surface area (Å²) in [4.78, 5) is 4.30. The number of nitrogens with one attached hydrogen (secondary N) is 1. The highest BCUT2D eigenvalue weighted by Gasteiger charge is 2.11. The van der Waals surface area contributed by atoms with Crippen LogP contribution in [0.15, 0.2) is 18.2 Å². The van der Waals surface area contributed by atoms with E-state index in [2.05, 4.69) is 35.3 Å². The van der Waals surface area contributed by atoms with Crippen molar-refractivity contribution in [1.82, 2.24) is 20.1 Å². The molecule has 19 heavy (non-hydrogen) atoms. The van der Waals surface area contributed by atoms with E-state index in [0.717, 1.165) is 23.9 Å². The van der Waals surface area contributed by atoms with Crippen molar-refractivity contribution in [2.24, 2.45) is 0 Å². The van der Waals surface area contributed by atoms with E-state index in [4.69, 9.17) is 11.6 Å².